The lowest BCUT2D eigenvalue weighted by Crippen LogP contribution is -2.49. The summed E-state index contributed by atoms with van der Waals surface area (Å²) >= 11 is 0. The van der Waals surface area contributed by atoms with Crippen molar-refractivity contribution in [2.75, 3.05) is 0 Å². The quantitative estimate of drug-likeness (QED) is 0.688. The molecule has 2 heteroatoms. The molecule has 2 nitrogen and oxygen atoms in total. The third-order valence-electron chi connectivity index (χ3n) is 5.21. The van der Waals surface area contributed by atoms with Gasteiger partial charge in [-0.1, -0.05) is 33.3 Å². The van der Waals surface area contributed by atoms with E-state index in [-0.39, 0.29) is 16.7 Å². The Balaban J connectivity index is 2.45. The van der Waals surface area contributed by atoms with Crippen molar-refractivity contribution in [3.63, 3.8) is 0 Å². The van der Waals surface area contributed by atoms with Crippen molar-refractivity contribution in [1.82, 2.24) is 0 Å². The van der Waals surface area contributed by atoms with Gasteiger partial charge in [0.15, 0.2) is 0 Å². The summed E-state index contributed by atoms with van der Waals surface area (Å²) in [7, 11) is 0. The minimum Gasteiger partial charge on any atom is -0.303 e. The van der Waals surface area contributed by atoms with Gasteiger partial charge in [-0.2, -0.15) is 0 Å². The Hall–Kier alpha value is -0.920. The van der Waals surface area contributed by atoms with Crippen LogP contribution in [0, 0.1) is 22.7 Å². The SMILES string of the molecule is CC1(C)CCC[C@@]2(C)C1CC=C(C=O)[C@@H]2C=O. The van der Waals surface area contributed by atoms with Gasteiger partial charge in [0.2, 0.25) is 0 Å². The van der Waals surface area contributed by atoms with Gasteiger partial charge in [-0.05, 0) is 41.6 Å². The molecule has 1 fully saturated rings. The first-order chi connectivity index (χ1) is 7.95. The van der Waals surface area contributed by atoms with Crippen LogP contribution in [0.25, 0.3) is 0 Å². The lowest BCUT2D eigenvalue weighted by Gasteiger charge is -2.55. The van der Waals surface area contributed by atoms with E-state index in [4.69, 9.17) is 0 Å². The topological polar surface area (TPSA) is 34.1 Å². The van der Waals surface area contributed by atoms with Crippen LogP contribution in [-0.4, -0.2) is 12.6 Å². The van der Waals surface area contributed by atoms with Gasteiger partial charge in [0, 0.05) is 5.92 Å². The zero-order chi connectivity index (χ0) is 12.7. The number of carbonyl (C=O) groups is 2. The first-order valence-corrected chi connectivity index (χ1v) is 6.56. The molecule has 0 heterocycles. The van der Waals surface area contributed by atoms with E-state index in [1.807, 2.05) is 6.08 Å². The minimum atomic E-state index is -0.196. The third kappa shape index (κ3) is 1.78. The molecule has 94 valence electrons. The van der Waals surface area contributed by atoms with Crippen LogP contribution in [-0.2, 0) is 9.59 Å². The van der Waals surface area contributed by atoms with E-state index < -0.39 is 0 Å². The monoisotopic (exact) mass is 234 g/mol. The first-order valence-electron chi connectivity index (χ1n) is 6.56. The molecule has 1 saturated carbocycles. The van der Waals surface area contributed by atoms with E-state index >= 15 is 0 Å². The van der Waals surface area contributed by atoms with Crippen LogP contribution in [0.2, 0.25) is 0 Å². The minimum absolute atomic E-state index is 0.0194. The number of hydrogen-bond donors (Lipinski definition) is 0. The molecule has 0 aromatic heterocycles. The summed E-state index contributed by atoms with van der Waals surface area (Å²) in [4.78, 5) is 22.5. The number of allylic oxidation sites excluding steroid dienone is 2. The molecule has 2 aliphatic rings. The molecule has 0 bridgehead atoms. The van der Waals surface area contributed by atoms with Crippen LogP contribution in [0.1, 0.15) is 46.5 Å². The smallest absolute Gasteiger partial charge is 0.146 e. The predicted molar refractivity (Wildman–Crippen MR) is 67.5 cm³/mol. The van der Waals surface area contributed by atoms with Crippen molar-refractivity contribution in [3.8, 4) is 0 Å². The molecule has 2 rings (SSSR count). The van der Waals surface area contributed by atoms with Crippen LogP contribution < -0.4 is 0 Å². The molecule has 0 aliphatic heterocycles. The van der Waals surface area contributed by atoms with Crippen molar-refractivity contribution >= 4 is 12.6 Å². The normalized spacial score (nSPS) is 40.1. The standard InChI is InChI=1S/C15H22O2/c1-14(2)7-4-8-15(3)12(10-17)11(9-16)5-6-13(14)15/h5,9-10,12-13H,4,6-8H2,1-3H3/t12-,13?,15+/m0/s1. The van der Waals surface area contributed by atoms with Crippen molar-refractivity contribution in [2.24, 2.45) is 22.7 Å². The molecule has 0 aromatic carbocycles. The lowest BCUT2D eigenvalue weighted by atomic mass is 9.49. The zero-order valence-electron chi connectivity index (χ0n) is 11.0. The van der Waals surface area contributed by atoms with E-state index in [0.29, 0.717) is 11.5 Å². The highest BCUT2D eigenvalue weighted by Crippen LogP contribution is 2.58. The Morgan fingerprint density at radius 3 is 2.53 bits per heavy atom. The maximum absolute atomic E-state index is 11.4. The van der Waals surface area contributed by atoms with E-state index in [0.717, 1.165) is 31.8 Å². The first kappa shape index (κ1) is 12.5. The van der Waals surface area contributed by atoms with Crippen LogP contribution in [0.15, 0.2) is 11.6 Å². The molecule has 0 N–H and O–H groups in total. The second-order valence-electron chi connectivity index (χ2n) is 6.57. The average molecular weight is 234 g/mol. The molecule has 17 heavy (non-hydrogen) atoms. The fraction of sp³-hybridized carbons (Fsp3) is 0.733. The van der Waals surface area contributed by atoms with E-state index in [2.05, 4.69) is 20.8 Å². The van der Waals surface area contributed by atoms with Gasteiger partial charge in [-0.25, -0.2) is 0 Å². The largest absolute Gasteiger partial charge is 0.303 e. The van der Waals surface area contributed by atoms with Gasteiger partial charge in [0.05, 0.1) is 0 Å². The van der Waals surface area contributed by atoms with Crippen LogP contribution in [0.4, 0.5) is 0 Å². The fourth-order valence-electron chi connectivity index (χ4n) is 4.24. The Kier molecular flexibility index (Phi) is 3.01. The van der Waals surface area contributed by atoms with E-state index in [9.17, 15) is 9.59 Å². The summed E-state index contributed by atoms with van der Waals surface area (Å²) in [5.74, 6) is 0.320. The Morgan fingerprint density at radius 2 is 1.94 bits per heavy atom. The second kappa shape index (κ2) is 4.08. The summed E-state index contributed by atoms with van der Waals surface area (Å²) in [6.07, 6.45) is 8.26. The summed E-state index contributed by atoms with van der Waals surface area (Å²) < 4.78 is 0. The summed E-state index contributed by atoms with van der Waals surface area (Å²) in [5.41, 5.74) is 0.963. The van der Waals surface area contributed by atoms with Gasteiger partial charge in [0.1, 0.15) is 12.6 Å². The van der Waals surface area contributed by atoms with E-state index in [1.54, 1.807) is 0 Å². The predicted octanol–water partition coefficient (Wildman–Crippen LogP) is 3.16. The van der Waals surface area contributed by atoms with Crippen LogP contribution in [0.5, 0.6) is 0 Å². The molecule has 2 aliphatic carbocycles. The number of carbonyl (C=O) groups excluding carboxylic acids is 2. The molecular weight excluding hydrogens is 212 g/mol. The highest BCUT2D eigenvalue weighted by atomic mass is 16.1. The number of fused-ring (bicyclic) bond motifs is 1. The Morgan fingerprint density at radius 1 is 1.24 bits per heavy atom. The van der Waals surface area contributed by atoms with Crippen LogP contribution >= 0.6 is 0 Å². The highest BCUT2D eigenvalue weighted by Gasteiger charge is 2.52. The maximum atomic E-state index is 11.4. The molecule has 1 unspecified atom stereocenters. The molecule has 0 spiro atoms. The summed E-state index contributed by atoms with van der Waals surface area (Å²) in [6, 6.07) is 0. The van der Waals surface area contributed by atoms with Crippen molar-refractivity contribution in [3.05, 3.63) is 11.6 Å². The summed E-state index contributed by atoms with van der Waals surface area (Å²) in [5, 5.41) is 0. The van der Waals surface area contributed by atoms with Gasteiger partial charge in [-0.15, -0.1) is 0 Å². The average Bonchev–Trinajstić information content (AvgIpc) is 2.26. The third-order valence-corrected chi connectivity index (χ3v) is 5.21. The van der Waals surface area contributed by atoms with Crippen molar-refractivity contribution in [2.45, 2.75) is 46.5 Å². The number of hydrogen-bond acceptors (Lipinski definition) is 2. The Labute approximate surface area is 103 Å². The molecule has 0 amide bonds. The molecule has 0 aromatic rings. The fourth-order valence-corrected chi connectivity index (χ4v) is 4.24. The molecule has 0 radical (unpaired) electrons. The highest BCUT2D eigenvalue weighted by molar-refractivity contribution is 5.82. The van der Waals surface area contributed by atoms with Crippen molar-refractivity contribution in [1.29, 1.82) is 0 Å². The van der Waals surface area contributed by atoms with E-state index in [1.165, 1.54) is 6.42 Å². The summed E-state index contributed by atoms with van der Waals surface area (Å²) in [6.45, 7) is 6.81. The van der Waals surface area contributed by atoms with Gasteiger partial charge < -0.3 is 4.79 Å². The van der Waals surface area contributed by atoms with Gasteiger partial charge in [-0.3, -0.25) is 4.79 Å². The Bertz CT molecular complexity index is 367. The molecule has 3 atom stereocenters. The van der Waals surface area contributed by atoms with Crippen LogP contribution in [0.3, 0.4) is 0 Å². The number of aldehydes is 2. The van der Waals surface area contributed by atoms with Gasteiger partial charge in [0.25, 0.3) is 0 Å². The van der Waals surface area contributed by atoms with Crippen molar-refractivity contribution < 1.29 is 9.59 Å². The molecular formula is C15H22O2. The zero-order valence-corrected chi connectivity index (χ0v) is 11.0. The maximum Gasteiger partial charge on any atom is 0.146 e. The van der Waals surface area contributed by atoms with Gasteiger partial charge >= 0.3 is 0 Å². The lowest BCUT2D eigenvalue weighted by molar-refractivity contribution is -0.122. The number of rotatable bonds is 2. The second-order valence-corrected chi connectivity index (χ2v) is 6.57. The molecule has 0 saturated heterocycles.